The summed E-state index contributed by atoms with van der Waals surface area (Å²) in [6, 6.07) is 35.4. The molecule has 3 atom stereocenters. The molecule has 8 rings (SSSR count). The van der Waals surface area contributed by atoms with Gasteiger partial charge in [-0.2, -0.15) is 28.4 Å². The average molecular weight is 922 g/mol. The zero-order chi connectivity index (χ0) is 46.6. The van der Waals surface area contributed by atoms with Gasteiger partial charge in [0.25, 0.3) is 8.32 Å². The lowest BCUT2D eigenvalue weighted by atomic mass is 10.0. The Labute approximate surface area is 384 Å². The van der Waals surface area contributed by atoms with Crippen molar-refractivity contribution in [3.05, 3.63) is 137 Å². The number of carbonyl (C=O) groups excluding carboxylic acids is 1. The third-order valence-corrected chi connectivity index (χ3v) is 18.1. The van der Waals surface area contributed by atoms with Crippen molar-refractivity contribution in [2.24, 2.45) is 0 Å². The van der Waals surface area contributed by atoms with Crippen LogP contribution in [0.2, 0.25) is 5.04 Å². The topological polar surface area (TPSA) is 107 Å². The third-order valence-electron chi connectivity index (χ3n) is 13.0. The number of alkyl halides is 3. The maximum Gasteiger partial charge on any atom is 0.421 e. The van der Waals surface area contributed by atoms with E-state index in [2.05, 4.69) is 80.3 Å². The first-order valence-electron chi connectivity index (χ1n) is 22.4. The van der Waals surface area contributed by atoms with Gasteiger partial charge in [-0.15, -0.1) is 0 Å². The van der Waals surface area contributed by atoms with Crippen molar-refractivity contribution < 1.29 is 36.3 Å². The zero-order valence-corrected chi connectivity index (χ0v) is 38.7. The SMILES string of the molecule is CN1C[C@H](O[Si](c2ccccc2)(c2ccccc2)C(C)(C)C)C[C@H]1COc1nc2c(c(N3CCN(C(=O)OCc4ccccc4)[C@@H](CC#N)C3)n1)CCN(c1cccc(F)c1C(F)(F)F)C2. The van der Waals surface area contributed by atoms with Gasteiger partial charge in [0.2, 0.25) is 0 Å². The highest BCUT2D eigenvalue weighted by Crippen LogP contribution is 2.42. The molecule has 66 heavy (non-hydrogen) atoms. The largest absolute Gasteiger partial charge is 0.462 e. The molecule has 0 N–H and O–H groups in total. The van der Waals surface area contributed by atoms with Crippen molar-refractivity contribution in [2.75, 3.05) is 56.2 Å². The van der Waals surface area contributed by atoms with E-state index in [1.807, 2.05) is 54.4 Å². The Morgan fingerprint density at radius 2 is 1.50 bits per heavy atom. The summed E-state index contributed by atoms with van der Waals surface area (Å²) in [5, 5.41) is 12.0. The van der Waals surface area contributed by atoms with Crippen LogP contribution in [-0.4, -0.2) is 98.7 Å². The highest BCUT2D eigenvalue weighted by atomic mass is 28.4. The standard InChI is InChI=1S/C50H55F4N7O4Si/c1-49(2,3)66(39-17-10-6-11-18-39,40-19-12-7-13-20-40)65-38-29-37(58(4)31-38)34-63-47-56-43-32-59(44-22-14-21-42(51)45(44)50(52,53)54)26-24-41(43)46(57-47)60-27-28-61(36(30-60)23-25-55)48(62)64-33-35-15-8-5-9-16-35/h5-22,36-38H,23-24,26-34H2,1-4H3/t36-,37-,38+/m0/s1. The Hall–Kier alpha value is -6.02. The number of rotatable bonds is 12. The van der Waals surface area contributed by atoms with Crippen LogP contribution in [-0.2, 0) is 34.9 Å². The second-order valence-corrected chi connectivity index (χ2v) is 22.5. The summed E-state index contributed by atoms with van der Waals surface area (Å²) in [5.41, 5.74) is 0.408. The van der Waals surface area contributed by atoms with Gasteiger partial charge in [0.05, 0.1) is 42.6 Å². The molecule has 2 saturated heterocycles. The average Bonchev–Trinajstić information content (AvgIpc) is 3.66. The molecule has 0 spiro atoms. The predicted octanol–water partition coefficient (Wildman–Crippen LogP) is 7.97. The number of halogens is 4. The second-order valence-electron chi connectivity index (χ2n) is 18.3. The molecular weight excluding hydrogens is 867 g/mol. The number of aromatic nitrogens is 2. The normalized spacial score (nSPS) is 19.3. The van der Waals surface area contributed by atoms with E-state index in [0.717, 1.165) is 17.2 Å². The Morgan fingerprint density at radius 1 is 0.833 bits per heavy atom. The van der Waals surface area contributed by atoms with E-state index >= 15 is 0 Å². The number of fused-ring (bicyclic) bond motifs is 1. The van der Waals surface area contributed by atoms with Crippen LogP contribution in [0, 0.1) is 17.1 Å². The molecule has 3 aliphatic heterocycles. The zero-order valence-electron chi connectivity index (χ0n) is 37.7. The molecule has 5 aromatic rings. The van der Waals surface area contributed by atoms with E-state index < -0.39 is 38.0 Å². The van der Waals surface area contributed by atoms with Crippen molar-refractivity contribution >= 4 is 36.3 Å². The number of nitrogens with zero attached hydrogens (tertiary/aromatic N) is 7. The number of ether oxygens (including phenoxy) is 2. The fourth-order valence-corrected chi connectivity index (χ4v) is 14.5. The van der Waals surface area contributed by atoms with E-state index in [1.54, 1.807) is 4.90 Å². The molecular formula is C50H55F4N7O4Si. The lowest BCUT2D eigenvalue weighted by molar-refractivity contribution is -0.139. The minimum absolute atomic E-state index is 0.0340. The van der Waals surface area contributed by atoms with Gasteiger partial charge in [0.15, 0.2) is 0 Å². The highest BCUT2D eigenvalue weighted by Gasteiger charge is 2.52. The summed E-state index contributed by atoms with van der Waals surface area (Å²) < 4.78 is 77.4. The molecule has 0 bridgehead atoms. The summed E-state index contributed by atoms with van der Waals surface area (Å²) >= 11 is 0. The first kappa shape index (κ1) is 46.5. The number of hydrogen-bond acceptors (Lipinski definition) is 10. The minimum atomic E-state index is -4.92. The number of piperazine rings is 1. The second kappa shape index (κ2) is 19.4. The molecule has 0 unspecified atom stereocenters. The van der Waals surface area contributed by atoms with Crippen LogP contribution in [0.3, 0.4) is 0 Å². The van der Waals surface area contributed by atoms with Gasteiger partial charge >= 0.3 is 18.3 Å². The van der Waals surface area contributed by atoms with Crippen LogP contribution >= 0.6 is 0 Å². The summed E-state index contributed by atoms with van der Waals surface area (Å²) in [6.45, 7) is 8.62. The Kier molecular flexibility index (Phi) is 13.7. The number of amides is 1. The summed E-state index contributed by atoms with van der Waals surface area (Å²) in [5.74, 6) is -0.822. The van der Waals surface area contributed by atoms with Gasteiger partial charge < -0.3 is 28.6 Å². The minimum Gasteiger partial charge on any atom is -0.462 e. The molecule has 2 fully saturated rings. The van der Waals surface area contributed by atoms with Crippen LogP contribution in [0.1, 0.15) is 56.0 Å². The molecule has 3 aliphatic rings. The van der Waals surface area contributed by atoms with Crippen molar-refractivity contribution in [3.63, 3.8) is 0 Å². The lowest BCUT2D eigenvalue weighted by Gasteiger charge is -2.44. The summed E-state index contributed by atoms with van der Waals surface area (Å²) in [7, 11) is -0.813. The number of anilines is 2. The number of benzene rings is 4. The molecule has 1 amide bonds. The first-order chi connectivity index (χ1) is 31.7. The Balaban J connectivity index is 1.06. The third kappa shape index (κ3) is 9.74. The van der Waals surface area contributed by atoms with Gasteiger partial charge in [-0.05, 0) is 53.0 Å². The molecule has 0 radical (unpaired) electrons. The Bertz CT molecular complexity index is 2470. The molecule has 0 saturated carbocycles. The maximum atomic E-state index is 14.9. The fraction of sp³-hybridized carbons (Fsp3) is 0.400. The van der Waals surface area contributed by atoms with Crippen molar-refractivity contribution in [2.45, 2.75) is 82.6 Å². The lowest BCUT2D eigenvalue weighted by Crippen LogP contribution is -2.67. The molecule has 11 nitrogen and oxygen atoms in total. The van der Waals surface area contributed by atoms with E-state index in [4.69, 9.17) is 23.9 Å². The molecule has 1 aromatic heterocycles. The number of hydrogen-bond donors (Lipinski definition) is 0. The van der Waals surface area contributed by atoms with Crippen molar-refractivity contribution in [3.8, 4) is 12.1 Å². The fourth-order valence-electron chi connectivity index (χ4n) is 9.77. The van der Waals surface area contributed by atoms with Crippen LogP contribution in [0.5, 0.6) is 6.01 Å². The number of likely N-dealkylation sites (tertiary alicyclic amines) is 1. The van der Waals surface area contributed by atoms with Crippen LogP contribution < -0.4 is 24.9 Å². The van der Waals surface area contributed by atoms with Crippen molar-refractivity contribution in [1.29, 1.82) is 5.26 Å². The molecule has 346 valence electrons. The highest BCUT2D eigenvalue weighted by molar-refractivity contribution is 6.99. The number of nitriles is 1. The van der Waals surface area contributed by atoms with E-state index in [9.17, 15) is 27.6 Å². The molecule has 4 aromatic carbocycles. The van der Waals surface area contributed by atoms with Crippen LogP contribution in [0.25, 0.3) is 0 Å². The van der Waals surface area contributed by atoms with Gasteiger partial charge in [-0.25, -0.2) is 9.18 Å². The van der Waals surface area contributed by atoms with Gasteiger partial charge in [-0.3, -0.25) is 4.90 Å². The molecule has 4 heterocycles. The van der Waals surface area contributed by atoms with E-state index in [1.165, 1.54) is 27.4 Å². The van der Waals surface area contributed by atoms with Gasteiger partial charge in [-0.1, -0.05) is 118 Å². The quantitative estimate of drug-likeness (QED) is 0.0904. The predicted molar refractivity (Wildman–Crippen MR) is 247 cm³/mol. The van der Waals surface area contributed by atoms with Crippen LogP contribution in [0.4, 0.5) is 33.9 Å². The summed E-state index contributed by atoms with van der Waals surface area (Å²) in [4.78, 5) is 30.5. The van der Waals surface area contributed by atoms with Gasteiger partial charge in [0, 0.05) is 44.3 Å². The molecule has 16 heteroatoms. The van der Waals surface area contributed by atoms with E-state index in [-0.39, 0.29) is 81.1 Å². The Morgan fingerprint density at radius 3 is 2.14 bits per heavy atom. The van der Waals surface area contributed by atoms with Crippen LogP contribution in [0.15, 0.2) is 109 Å². The van der Waals surface area contributed by atoms with E-state index in [0.29, 0.717) is 31.0 Å². The van der Waals surface area contributed by atoms with Crippen molar-refractivity contribution in [1.82, 2.24) is 19.8 Å². The number of likely N-dealkylation sites (N-methyl/N-ethyl adjacent to an activating group) is 1. The maximum absolute atomic E-state index is 14.9. The monoisotopic (exact) mass is 921 g/mol. The smallest absolute Gasteiger partial charge is 0.421 e. The summed E-state index contributed by atoms with van der Waals surface area (Å²) in [6.07, 6.45) is -4.61. The number of carbonyl (C=O) groups is 1. The molecule has 0 aliphatic carbocycles. The van der Waals surface area contributed by atoms with Gasteiger partial charge in [0.1, 0.15) is 30.4 Å². The first-order valence-corrected chi connectivity index (χ1v) is 24.3.